The molecule has 140 valence electrons. The van der Waals surface area contributed by atoms with Crippen LogP contribution in [-0.4, -0.2) is 50.1 Å². The molecule has 0 amide bonds. The van der Waals surface area contributed by atoms with E-state index in [0.717, 1.165) is 54.1 Å². The van der Waals surface area contributed by atoms with E-state index in [1.807, 2.05) is 48.7 Å². The van der Waals surface area contributed by atoms with Crippen molar-refractivity contribution in [2.75, 3.05) is 38.2 Å². The van der Waals surface area contributed by atoms with Crippen molar-refractivity contribution in [1.82, 2.24) is 4.98 Å². The van der Waals surface area contributed by atoms with Crippen LogP contribution in [0.1, 0.15) is 17.3 Å². The fourth-order valence-corrected chi connectivity index (χ4v) is 4.05. The SMILES string of the molecule is COc1ccccc1N1CC[NH+]([C@H](C)C(=O)c2c[nH]c3ccccc23)CC1. The Bertz CT molecular complexity index is 941. The molecule has 0 unspecified atom stereocenters. The van der Waals surface area contributed by atoms with Crippen molar-refractivity contribution in [3.63, 3.8) is 0 Å². The topological polar surface area (TPSA) is 49.8 Å². The number of hydrogen-bond acceptors (Lipinski definition) is 3. The highest BCUT2D eigenvalue weighted by Gasteiger charge is 2.31. The summed E-state index contributed by atoms with van der Waals surface area (Å²) in [5.41, 5.74) is 2.96. The standard InChI is InChI=1S/C22H25N3O2/c1-16(22(26)18-15-23-19-8-4-3-7-17(18)19)24-11-13-25(14-12-24)20-9-5-6-10-21(20)27-2/h3-10,15-16,23H,11-14H2,1-2H3/p+1/t16-/m1/s1. The summed E-state index contributed by atoms with van der Waals surface area (Å²) in [6, 6.07) is 16.1. The van der Waals surface area contributed by atoms with Gasteiger partial charge in [-0.25, -0.2) is 0 Å². The second-order valence-electron chi connectivity index (χ2n) is 7.15. The second-order valence-corrected chi connectivity index (χ2v) is 7.15. The minimum absolute atomic E-state index is 0.0518. The van der Waals surface area contributed by atoms with Crippen molar-refractivity contribution in [2.45, 2.75) is 13.0 Å². The lowest BCUT2D eigenvalue weighted by molar-refractivity contribution is -0.914. The number of Topliss-reactive ketones (excluding diaryl/α,β-unsaturated/α-hetero) is 1. The number of nitrogens with one attached hydrogen (secondary N) is 2. The molecule has 5 heteroatoms. The number of hydrogen-bond donors (Lipinski definition) is 2. The third-order valence-electron chi connectivity index (χ3n) is 5.69. The van der Waals surface area contributed by atoms with E-state index in [-0.39, 0.29) is 11.8 Å². The molecule has 1 aliphatic rings. The summed E-state index contributed by atoms with van der Waals surface area (Å²) in [5.74, 6) is 1.12. The average molecular weight is 364 g/mol. The Labute approximate surface area is 159 Å². The third-order valence-corrected chi connectivity index (χ3v) is 5.69. The summed E-state index contributed by atoms with van der Waals surface area (Å²) in [4.78, 5) is 20.0. The van der Waals surface area contributed by atoms with Crippen LogP contribution in [0.4, 0.5) is 5.69 Å². The predicted molar refractivity (Wildman–Crippen MR) is 108 cm³/mol. The first kappa shape index (κ1) is 17.6. The van der Waals surface area contributed by atoms with Crippen LogP contribution in [0.25, 0.3) is 10.9 Å². The number of quaternary nitrogens is 1. The normalized spacial score (nSPS) is 16.4. The lowest BCUT2D eigenvalue weighted by atomic mass is 10.0. The zero-order valence-electron chi connectivity index (χ0n) is 15.9. The van der Waals surface area contributed by atoms with Gasteiger partial charge in [0.05, 0.1) is 39.0 Å². The van der Waals surface area contributed by atoms with Crippen molar-refractivity contribution >= 4 is 22.4 Å². The van der Waals surface area contributed by atoms with Gasteiger partial charge in [-0.2, -0.15) is 0 Å². The van der Waals surface area contributed by atoms with E-state index < -0.39 is 0 Å². The summed E-state index contributed by atoms with van der Waals surface area (Å²) >= 11 is 0. The van der Waals surface area contributed by atoms with Crippen LogP contribution in [0.3, 0.4) is 0 Å². The number of fused-ring (bicyclic) bond motifs is 1. The molecular formula is C22H26N3O2+. The van der Waals surface area contributed by atoms with E-state index in [0.29, 0.717) is 0 Å². The maximum atomic E-state index is 13.1. The van der Waals surface area contributed by atoms with Gasteiger partial charge in [0.25, 0.3) is 0 Å². The van der Waals surface area contributed by atoms with Gasteiger partial charge in [0.2, 0.25) is 5.78 Å². The van der Waals surface area contributed by atoms with Crippen molar-refractivity contribution in [3.8, 4) is 5.75 Å². The maximum Gasteiger partial charge on any atom is 0.221 e. The molecule has 0 spiro atoms. The van der Waals surface area contributed by atoms with Crippen LogP contribution >= 0.6 is 0 Å². The number of piperazine rings is 1. The molecule has 0 bridgehead atoms. The molecule has 0 saturated carbocycles. The number of aromatic amines is 1. The summed E-state index contributed by atoms with van der Waals surface area (Å²) < 4.78 is 5.49. The van der Waals surface area contributed by atoms with Gasteiger partial charge < -0.3 is 19.5 Å². The Morgan fingerprint density at radius 2 is 1.81 bits per heavy atom. The molecule has 1 fully saturated rings. The first-order valence-corrected chi connectivity index (χ1v) is 9.52. The summed E-state index contributed by atoms with van der Waals surface area (Å²) in [6.07, 6.45) is 1.86. The van der Waals surface area contributed by atoms with Crippen LogP contribution in [0.2, 0.25) is 0 Å². The van der Waals surface area contributed by atoms with E-state index in [2.05, 4.69) is 22.9 Å². The van der Waals surface area contributed by atoms with Crippen LogP contribution in [0.15, 0.2) is 54.7 Å². The van der Waals surface area contributed by atoms with Crippen LogP contribution in [0, 0.1) is 0 Å². The number of nitrogens with zero attached hydrogens (tertiary/aromatic N) is 1. The number of para-hydroxylation sites is 3. The number of aromatic nitrogens is 1. The molecule has 1 atom stereocenters. The molecule has 0 radical (unpaired) electrons. The number of ketones is 1. The first-order chi connectivity index (χ1) is 13.2. The van der Waals surface area contributed by atoms with Gasteiger partial charge in [-0.1, -0.05) is 30.3 Å². The minimum Gasteiger partial charge on any atom is -0.495 e. The number of carbonyl (C=O) groups is 1. The van der Waals surface area contributed by atoms with Gasteiger partial charge in [0.1, 0.15) is 11.8 Å². The maximum absolute atomic E-state index is 13.1. The quantitative estimate of drug-likeness (QED) is 0.682. The van der Waals surface area contributed by atoms with Gasteiger partial charge >= 0.3 is 0 Å². The van der Waals surface area contributed by atoms with Crippen molar-refractivity contribution < 1.29 is 14.4 Å². The van der Waals surface area contributed by atoms with Gasteiger partial charge in [-0.05, 0) is 25.1 Å². The smallest absolute Gasteiger partial charge is 0.221 e. The zero-order valence-corrected chi connectivity index (χ0v) is 15.9. The van der Waals surface area contributed by atoms with E-state index in [4.69, 9.17) is 4.74 Å². The second kappa shape index (κ2) is 7.45. The van der Waals surface area contributed by atoms with Crippen molar-refractivity contribution in [1.29, 1.82) is 0 Å². The van der Waals surface area contributed by atoms with Gasteiger partial charge in [0, 0.05) is 22.7 Å². The van der Waals surface area contributed by atoms with E-state index in [1.54, 1.807) is 7.11 Å². The summed E-state index contributed by atoms with van der Waals surface area (Å²) in [7, 11) is 1.71. The average Bonchev–Trinajstić information content (AvgIpc) is 3.17. The van der Waals surface area contributed by atoms with E-state index in [1.165, 1.54) is 4.90 Å². The monoisotopic (exact) mass is 364 g/mol. The molecular weight excluding hydrogens is 338 g/mol. The van der Waals surface area contributed by atoms with Gasteiger partial charge in [0.15, 0.2) is 0 Å². The molecule has 1 aromatic heterocycles. The third kappa shape index (κ3) is 3.30. The number of anilines is 1. The number of benzene rings is 2. The predicted octanol–water partition coefficient (Wildman–Crippen LogP) is 2.15. The number of rotatable bonds is 5. The van der Waals surface area contributed by atoms with Crippen molar-refractivity contribution in [3.05, 3.63) is 60.3 Å². The highest BCUT2D eigenvalue weighted by Crippen LogP contribution is 2.27. The molecule has 5 nitrogen and oxygen atoms in total. The van der Waals surface area contributed by atoms with Crippen LogP contribution in [0.5, 0.6) is 5.75 Å². The molecule has 2 heterocycles. The minimum atomic E-state index is -0.0518. The summed E-state index contributed by atoms with van der Waals surface area (Å²) in [6.45, 7) is 5.77. The fourth-order valence-electron chi connectivity index (χ4n) is 4.05. The molecule has 3 aromatic rings. The molecule has 27 heavy (non-hydrogen) atoms. The van der Waals surface area contributed by atoms with E-state index in [9.17, 15) is 4.79 Å². The highest BCUT2D eigenvalue weighted by atomic mass is 16.5. The molecule has 2 N–H and O–H groups in total. The molecule has 4 rings (SSSR count). The van der Waals surface area contributed by atoms with Gasteiger partial charge in [-0.3, -0.25) is 4.79 Å². The number of H-pyrrole nitrogens is 1. The Hall–Kier alpha value is -2.79. The largest absolute Gasteiger partial charge is 0.495 e. The lowest BCUT2D eigenvalue weighted by Gasteiger charge is -2.36. The Morgan fingerprint density at radius 1 is 1.11 bits per heavy atom. The molecule has 0 aliphatic carbocycles. The Morgan fingerprint density at radius 3 is 2.59 bits per heavy atom. The number of methoxy groups -OCH3 is 1. The number of ether oxygens (including phenoxy) is 1. The molecule has 2 aromatic carbocycles. The van der Waals surface area contributed by atoms with Crippen molar-refractivity contribution in [2.24, 2.45) is 0 Å². The Kier molecular flexibility index (Phi) is 4.86. The van der Waals surface area contributed by atoms with Crippen LogP contribution in [-0.2, 0) is 0 Å². The fraction of sp³-hybridized carbons (Fsp3) is 0.318. The molecule has 1 aliphatic heterocycles. The number of carbonyl (C=O) groups excluding carboxylic acids is 1. The Balaban J connectivity index is 1.45. The molecule has 1 saturated heterocycles. The highest BCUT2D eigenvalue weighted by molar-refractivity contribution is 6.09. The zero-order chi connectivity index (χ0) is 18.8. The lowest BCUT2D eigenvalue weighted by Crippen LogP contribution is -3.18. The first-order valence-electron chi connectivity index (χ1n) is 9.52. The van der Waals surface area contributed by atoms with E-state index >= 15 is 0 Å². The van der Waals surface area contributed by atoms with Crippen LogP contribution < -0.4 is 14.5 Å². The van der Waals surface area contributed by atoms with Gasteiger partial charge in [-0.15, -0.1) is 0 Å². The summed E-state index contributed by atoms with van der Waals surface area (Å²) in [5, 5.41) is 1.02.